The fourth-order valence-electron chi connectivity index (χ4n) is 2.65. The molecule has 0 spiro atoms. The largest absolute Gasteiger partial charge is 0.330 e. The molecule has 0 bridgehead atoms. The number of hydrogen-bond donors (Lipinski definition) is 2. The van der Waals surface area contributed by atoms with Crippen molar-refractivity contribution < 1.29 is 8.42 Å². The summed E-state index contributed by atoms with van der Waals surface area (Å²) in [4.78, 5) is 0. The molecule has 0 aromatic rings. The molecule has 2 aliphatic rings. The van der Waals surface area contributed by atoms with Crippen LogP contribution in [-0.4, -0.2) is 38.9 Å². The first-order valence-corrected chi connectivity index (χ1v) is 8.50. The molecule has 0 aromatic heterocycles. The Bertz CT molecular complexity index is 346. The lowest BCUT2D eigenvalue weighted by Gasteiger charge is -2.31. The Morgan fingerprint density at radius 2 is 1.78 bits per heavy atom. The van der Waals surface area contributed by atoms with E-state index < -0.39 is 10.2 Å². The lowest BCUT2D eigenvalue weighted by molar-refractivity contribution is 0.272. The first kappa shape index (κ1) is 14.2. The third-order valence-corrected chi connectivity index (χ3v) is 5.92. The molecule has 1 saturated heterocycles. The van der Waals surface area contributed by atoms with Crippen molar-refractivity contribution in [3.8, 4) is 0 Å². The van der Waals surface area contributed by atoms with Gasteiger partial charge in [0.2, 0.25) is 0 Å². The molecule has 1 heterocycles. The predicted molar refractivity (Wildman–Crippen MR) is 72.2 cm³/mol. The van der Waals surface area contributed by atoms with Crippen LogP contribution in [0.15, 0.2) is 0 Å². The molecule has 1 aliphatic carbocycles. The van der Waals surface area contributed by atoms with Crippen molar-refractivity contribution in [1.82, 2.24) is 9.03 Å². The zero-order valence-electron chi connectivity index (χ0n) is 11.0. The SMILES string of the molecule is NCC1CCN(S(=O)(=O)NCCC2CCC2)CC1. The molecular formula is C12H25N3O2S. The van der Waals surface area contributed by atoms with E-state index in [2.05, 4.69) is 4.72 Å². The molecule has 2 rings (SSSR count). The van der Waals surface area contributed by atoms with Crippen LogP contribution in [-0.2, 0) is 10.2 Å². The Morgan fingerprint density at radius 1 is 1.11 bits per heavy atom. The van der Waals surface area contributed by atoms with Gasteiger partial charge in [-0.15, -0.1) is 0 Å². The molecule has 0 unspecified atom stereocenters. The van der Waals surface area contributed by atoms with Crippen LogP contribution in [0, 0.1) is 11.8 Å². The van der Waals surface area contributed by atoms with Crippen LogP contribution in [0.25, 0.3) is 0 Å². The molecule has 106 valence electrons. The number of piperidine rings is 1. The summed E-state index contributed by atoms with van der Waals surface area (Å²) in [6, 6.07) is 0. The highest BCUT2D eigenvalue weighted by Gasteiger charge is 2.27. The average molecular weight is 275 g/mol. The Hall–Kier alpha value is -0.170. The Labute approximate surface area is 110 Å². The molecule has 1 aliphatic heterocycles. The molecule has 0 radical (unpaired) electrons. The van der Waals surface area contributed by atoms with Gasteiger partial charge in [0, 0.05) is 19.6 Å². The van der Waals surface area contributed by atoms with Gasteiger partial charge in [0.05, 0.1) is 0 Å². The number of nitrogens with one attached hydrogen (secondary N) is 1. The molecule has 5 nitrogen and oxygen atoms in total. The highest BCUT2D eigenvalue weighted by molar-refractivity contribution is 7.87. The number of hydrogen-bond acceptors (Lipinski definition) is 3. The van der Waals surface area contributed by atoms with Crippen LogP contribution in [0.1, 0.15) is 38.5 Å². The van der Waals surface area contributed by atoms with E-state index in [-0.39, 0.29) is 0 Å². The maximum Gasteiger partial charge on any atom is 0.279 e. The van der Waals surface area contributed by atoms with Gasteiger partial charge in [-0.3, -0.25) is 0 Å². The molecule has 0 amide bonds. The van der Waals surface area contributed by atoms with Crippen LogP contribution in [0.5, 0.6) is 0 Å². The summed E-state index contributed by atoms with van der Waals surface area (Å²) in [5.41, 5.74) is 5.61. The van der Waals surface area contributed by atoms with Crippen molar-refractivity contribution in [2.75, 3.05) is 26.2 Å². The van der Waals surface area contributed by atoms with Gasteiger partial charge in [-0.25, -0.2) is 4.72 Å². The summed E-state index contributed by atoms with van der Waals surface area (Å²) in [5.74, 6) is 1.24. The van der Waals surface area contributed by atoms with Gasteiger partial charge >= 0.3 is 0 Å². The Balaban J connectivity index is 1.72. The highest BCUT2D eigenvalue weighted by Crippen LogP contribution is 2.28. The molecule has 6 heteroatoms. The fraction of sp³-hybridized carbons (Fsp3) is 1.00. The van der Waals surface area contributed by atoms with E-state index in [9.17, 15) is 8.42 Å². The summed E-state index contributed by atoms with van der Waals surface area (Å²) < 4.78 is 28.4. The van der Waals surface area contributed by atoms with Crippen LogP contribution in [0.3, 0.4) is 0 Å². The van der Waals surface area contributed by atoms with E-state index in [0.29, 0.717) is 32.1 Å². The van der Waals surface area contributed by atoms with E-state index in [1.54, 1.807) is 4.31 Å². The molecular weight excluding hydrogens is 250 g/mol. The van der Waals surface area contributed by atoms with E-state index in [1.165, 1.54) is 19.3 Å². The maximum absolute atomic E-state index is 12.1. The summed E-state index contributed by atoms with van der Waals surface area (Å²) in [5, 5.41) is 0. The molecule has 18 heavy (non-hydrogen) atoms. The first-order valence-electron chi connectivity index (χ1n) is 7.06. The highest BCUT2D eigenvalue weighted by atomic mass is 32.2. The normalized spacial score (nSPS) is 24.1. The minimum atomic E-state index is -3.25. The van der Waals surface area contributed by atoms with Gasteiger partial charge in [-0.2, -0.15) is 12.7 Å². The standard InChI is InChI=1S/C12H25N3O2S/c13-10-12-5-8-15(9-6-12)18(16,17)14-7-4-11-2-1-3-11/h11-12,14H,1-10,13H2. The fourth-order valence-corrected chi connectivity index (χ4v) is 3.90. The van der Waals surface area contributed by atoms with Crippen LogP contribution in [0.2, 0.25) is 0 Å². The topological polar surface area (TPSA) is 75.4 Å². The van der Waals surface area contributed by atoms with Gasteiger partial charge < -0.3 is 5.73 Å². The molecule has 0 aromatic carbocycles. The third-order valence-electron chi connectivity index (χ3n) is 4.31. The average Bonchev–Trinajstić information content (AvgIpc) is 2.32. The van der Waals surface area contributed by atoms with Gasteiger partial charge in [0.1, 0.15) is 0 Å². The lowest BCUT2D eigenvalue weighted by atomic mass is 9.83. The van der Waals surface area contributed by atoms with Gasteiger partial charge in [0.15, 0.2) is 0 Å². The van der Waals surface area contributed by atoms with Crippen molar-refractivity contribution in [2.24, 2.45) is 17.6 Å². The first-order chi connectivity index (χ1) is 8.62. The van der Waals surface area contributed by atoms with Crippen molar-refractivity contribution in [3.05, 3.63) is 0 Å². The summed E-state index contributed by atoms with van der Waals surface area (Å²) >= 11 is 0. The van der Waals surface area contributed by atoms with Crippen molar-refractivity contribution in [3.63, 3.8) is 0 Å². The quantitative estimate of drug-likeness (QED) is 0.748. The zero-order chi connectivity index (χ0) is 13.0. The summed E-state index contributed by atoms with van der Waals surface area (Å²) in [6.45, 7) is 2.48. The smallest absolute Gasteiger partial charge is 0.279 e. The Kier molecular flexibility index (Phi) is 5.00. The van der Waals surface area contributed by atoms with E-state index in [1.807, 2.05) is 0 Å². The second-order valence-corrected chi connectivity index (χ2v) is 7.32. The second-order valence-electron chi connectivity index (χ2n) is 5.56. The van der Waals surface area contributed by atoms with Gasteiger partial charge in [0.25, 0.3) is 10.2 Å². The zero-order valence-corrected chi connectivity index (χ0v) is 11.8. The van der Waals surface area contributed by atoms with E-state index in [0.717, 1.165) is 25.2 Å². The van der Waals surface area contributed by atoms with E-state index >= 15 is 0 Å². The summed E-state index contributed by atoms with van der Waals surface area (Å²) in [6.07, 6.45) is 6.61. The van der Waals surface area contributed by atoms with Crippen molar-refractivity contribution in [2.45, 2.75) is 38.5 Å². The van der Waals surface area contributed by atoms with Crippen molar-refractivity contribution in [1.29, 1.82) is 0 Å². The monoisotopic (exact) mass is 275 g/mol. The minimum absolute atomic E-state index is 0.492. The summed E-state index contributed by atoms with van der Waals surface area (Å²) in [7, 11) is -3.25. The molecule has 2 fully saturated rings. The van der Waals surface area contributed by atoms with Crippen LogP contribution in [0.4, 0.5) is 0 Å². The van der Waals surface area contributed by atoms with Crippen LogP contribution >= 0.6 is 0 Å². The molecule has 0 atom stereocenters. The van der Waals surface area contributed by atoms with E-state index in [4.69, 9.17) is 5.73 Å². The predicted octanol–water partition coefficient (Wildman–Crippen LogP) is 0.682. The lowest BCUT2D eigenvalue weighted by Crippen LogP contribution is -2.46. The number of nitrogens with zero attached hydrogens (tertiary/aromatic N) is 1. The number of rotatable bonds is 6. The molecule has 3 N–H and O–H groups in total. The van der Waals surface area contributed by atoms with Crippen LogP contribution < -0.4 is 10.5 Å². The molecule has 1 saturated carbocycles. The maximum atomic E-state index is 12.1. The Morgan fingerprint density at radius 3 is 2.28 bits per heavy atom. The second kappa shape index (κ2) is 6.32. The third kappa shape index (κ3) is 3.66. The number of nitrogens with two attached hydrogens (primary N) is 1. The van der Waals surface area contributed by atoms with Crippen molar-refractivity contribution >= 4 is 10.2 Å². The minimum Gasteiger partial charge on any atom is -0.330 e. The van der Waals surface area contributed by atoms with Gasteiger partial charge in [-0.05, 0) is 37.6 Å². The van der Waals surface area contributed by atoms with Gasteiger partial charge in [-0.1, -0.05) is 19.3 Å².